The SMILES string of the molecule is COCCOc1ccc2ccc(-c3nnc4ccc([C@@H](N5C[C@@H](N)[C@H](OC)C5)C(F)(F)F)cn34)nc2c1. The quantitative estimate of drug-likeness (QED) is 0.357. The molecule has 196 valence electrons. The summed E-state index contributed by atoms with van der Waals surface area (Å²) in [5.41, 5.74) is 7.61. The third-order valence-corrected chi connectivity index (χ3v) is 6.51. The molecular formula is C25H27F3N6O3. The Bertz CT molecular complexity index is 1400. The maximum Gasteiger partial charge on any atom is 0.408 e. The minimum absolute atomic E-state index is 0.0552. The van der Waals surface area contributed by atoms with Gasteiger partial charge in [-0.25, -0.2) is 4.98 Å². The average Bonchev–Trinajstić information content (AvgIpc) is 3.45. The normalized spacial score (nSPS) is 19.6. The van der Waals surface area contributed by atoms with E-state index in [1.165, 1.54) is 34.7 Å². The summed E-state index contributed by atoms with van der Waals surface area (Å²) in [6.07, 6.45) is -3.57. The van der Waals surface area contributed by atoms with E-state index in [4.69, 9.17) is 19.9 Å². The number of hydrogen-bond acceptors (Lipinski definition) is 8. The monoisotopic (exact) mass is 516 g/mol. The van der Waals surface area contributed by atoms with Crippen LogP contribution in [0.1, 0.15) is 11.6 Å². The van der Waals surface area contributed by atoms with Gasteiger partial charge in [-0.3, -0.25) is 9.30 Å². The van der Waals surface area contributed by atoms with Crippen LogP contribution >= 0.6 is 0 Å². The van der Waals surface area contributed by atoms with Crippen molar-refractivity contribution in [3.63, 3.8) is 0 Å². The topological polar surface area (TPSA) is 100 Å². The van der Waals surface area contributed by atoms with Crippen LogP contribution in [0.3, 0.4) is 0 Å². The number of alkyl halides is 3. The van der Waals surface area contributed by atoms with Gasteiger partial charge in [-0.1, -0.05) is 12.1 Å². The Morgan fingerprint density at radius 1 is 1.05 bits per heavy atom. The summed E-state index contributed by atoms with van der Waals surface area (Å²) in [4.78, 5) is 6.00. The molecule has 5 rings (SSSR count). The zero-order valence-electron chi connectivity index (χ0n) is 20.4. The van der Waals surface area contributed by atoms with Gasteiger partial charge in [-0.2, -0.15) is 13.2 Å². The maximum atomic E-state index is 14.3. The molecule has 0 bridgehead atoms. The van der Waals surface area contributed by atoms with E-state index in [9.17, 15) is 13.2 Å². The van der Waals surface area contributed by atoms with Crippen LogP contribution in [0.4, 0.5) is 13.2 Å². The van der Waals surface area contributed by atoms with E-state index in [1.807, 2.05) is 18.2 Å². The van der Waals surface area contributed by atoms with Crippen LogP contribution in [0, 0.1) is 0 Å². The van der Waals surface area contributed by atoms with Crippen molar-refractivity contribution in [3.8, 4) is 17.3 Å². The summed E-state index contributed by atoms with van der Waals surface area (Å²) in [5, 5.41) is 9.24. The fourth-order valence-corrected chi connectivity index (χ4v) is 4.69. The molecule has 4 heterocycles. The Labute approximate surface area is 210 Å². The van der Waals surface area contributed by atoms with E-state index >= 15 is 0 Å². The van der Waals surface area contributed by atoms with Crippen molar-refractivity contribution < 1.29 is 27.4 Å². The molecule has 0 spiro atoms. The first-order valence-electron chi connectivity index (χ1n) is 11.7. The summed E-state index contributed by atoms with van der Waals surface area (Å²) >= 11 is 0. The summed E-state index contributed by atoms with van der Waals surface area (Å²) in [5.74, 6) is 0.965. The van der Waals surface area contributed by atoms with Gasteiger partial charge >= 0.3 is 6.18 Å². The first kappa shape index (κ1) is 25.3. The third-order valence-electron chi connectivity index (χ3n) is 6.51. The van der Waals surface area contributed by atoms with E-state index in [0.717, 1.165) is 5.39 Å². The lowest BCUT2D eigenvalue weighted by Crippen LogP contribution is -2.38. The maximum absolute atomic E-state index is 14.3. The summed E-state index contributed by atoms with van der Waals surface area (Å²) < 4.78 is 60.4. The van der Waals surface area contributed by atoms with Crippen LogP contribution in [-0.4, -0.2) is 83.3 Å². The lowest BCUT2D eigenvalue weighted by Gasteiger charge is -2.30. The minimum Gasteiger partial charge on any atom is -0.491 e. The van der Waals surface area contributed by atoms with Crippen LogP contribution in [0.25, 0.3) is 28.1 Å². The van der Waals surface area contributed by atoms with Crippen molar-refractivity contribution in [1.82, 2.24) is 24.5 Å². The van der Waals surface area contributed by atoms with Gasteiger partial charge in [0.25, 0.3) is 0 Å². The molecule has 0 unspecified atom stereocenters. The zero-order valence-corrected chi connectivity index (χ0v) is 20.4. The van der Waals surface area contributed by atoms with Gasteiger partial charge in [0.1, 0.15) is 24.1 Å². The Balaban J connectivity index is 1.52. The van der Waals surface area contributed by atoms with Crippen molar-refractivity contribution in [1.29, 1.82) is 0 Å². The predicted octanol–water partition coefficient (Wildman–Crippen LogP) is 3.23. The molecule has 3 atom stereocenters. The second kappa shape index (κ2) is 10.2. The number of hydrogen-bond donors (Lipinski definition) is 1. The number of halogens is 3. The molecule has 37 heavy (non-hydrogen) atoms. The molecule has 1 aromatic carbocycles. The Morgan fingerprint density at radius 2 is 1.86 bits per heavy atom. The van der Waals surface area contributed by atoms with E-state index in [2.05, 4.69) is 15.2 Å². The van der Waals surface area contributed by atoms with Crippen molar-refractivity contribution in [2.75, 3.05) is 40.5 Å². The summed E-state index contributed by atoms with van der Waals surface area (Å²) in [6.45, 7) is 0.993. The molecule has 1 saturated heterocycles. The van der Waals surface area contributed by atoms with Gasteiger partial charge in [0.15, 0.2) is 11.5 Å². The van der Waals surface area contributed by atoms with Crippen molar-refractivity contribution in [2.24, 2.45) is 5.73 Å². The van der Waals surface area contributed by atoms with Crippen LogP contribution < -0.4 is 10.5 Å². The molecule has 0 saturated carbocycles. The molecule has 9 nitrogen and oxygen atoms in total. The molecule has 1 aliphatic heterocycles. The van der Waals surface area contributed by atoms with Crippen LogP contribution in [0.15, 0.2) is 48.7 Å². The number of fused-ring (bicyclic) bond motifs is 2. The van der Waals surface area contributed by atoms with Crippen molar-refractivity contribution >= 4 is 16.6 Å². The molecule has 0 aliphatic carbocycles. The summed E-state index contributed by atoms with van der Waals surface area (Å²) in [6, 6.07) is 9.75. The number of benzene rings is 1. The van der Waals surface area contributed by atoms with Gasteiger partial charge < -0.3 is 19.9 Å². The van der Waals surface area contributed by atoms with Gasteiger partial charge in [0.05, 0.1) is 18.2 Å². The highest BCUT2D eigenvalue weighted by molar-refractivity contribution is 5.82. The molecule has 0 radical (unpaired) electrons. The molecule has 4 aromatic rings. The van der Waals surface area contributed by atoms with Crippen molar-refractivity contribution in [2.45, 2.75) is 24.4 Å². The highest BCUT2D eigenvalue weighted by atomic mass is 19.4. The molecule has 12 heteroatoms. The fourth-order valence-electron chi connectivity index (χ4n) is 4.69. The number of likely N-dealkylation sites (tertiary alicyclic amines) is 1. The molecule has 0 amide bonds. The lowest BCUT2D eigenvalue weighted by molar-refractivity contribution is -0.184. The van der Waals surface area contributed by atoms with E-state index in [0.29, 0.717) is 41.6 Å². The van der Waals surface area contributed by atoms with E-state index in [1.54, 1.807) is 19.2 Å². The molecule has 1 fully saturated rings. The fraction of sp³-hybridized carbons (Fsp3) is 0.400. The predicted molar refractivity (Wildman–Crippen MR) is 130 cm³/mol. The number of nitrogens with two attached hydrogens (primary N) is 1. The molecule has 2 N–H and O–H groups in total. The largest absolute Gasteiger partial charge is 0.491 e. The number of nitrogens with zero attached hydrogens (tertiary/aromatic N) is 5. The minimum atomic E-state index is -4.52. The zero-order chi connectivity index (χ0) is 26.2. The van der Waals surface area contributed by atoms with Gasteiger partial charge in [0.2, 0.25) is 0 Å². The smallest absolute Gasteiger partial charge is 0.408 e. The average molecular weight is 517 g/mol. The summed E-state index contributed by atoms with van der Waals surface area (Å²) in [7, 11) is 3.05. The van der Waals surface area contributed by atoms with Crippen molar-refractivity contribution in [3.05, 3.63) is 54.2 Å². The van der Waals surface area contributed by atoms with Crippen LogP contribution in [0.2, 0.25) is 0 Å². The number of pyridine rings is 2. The molecule has 3 aromatic heterocycles. The molecule has 1 aliphatic rings. The van der Waals surface area contributed by atoms with Gasteiger partial charge in [-0.15, -0.1) is 10.2 Å². The van der Waals surface area contributed by atoms with Crippen LogP contribution in [-0.2, 0) is 9.47 Å². The van der Waals surface area contributed by atoms with Gasteiger partial charge in [-0.05, 0) is 29.8 Å². The Hall–Kier alpha value is -3.32. The second-order valence-corrected chi connectivity index (χ2v) is 8.94. The second-order valence-electron chi connectivity index (χ2n) is 8.94. The first-order chi connectivity index (χ1) is 17.8. The number of ether oxygens (including phenoxy) is 3. The van der Waals surface area contributed by atoms with E-state index < -0.39 is 24.4 Å². The van der Waals surface area contributed by atoms with E-state index in [-0.39, 0.29) is 18.7 Å². The van der Waals surface area contributed by atoms with Crippen LogP contribution in [0.5, 0.6) is 5.75 Å². The number of aromatic nitrogens is 4. The highest BCUT2D eigenvalue weighted by Crippen LogP contribution is 2.40. The first-order valence-corrected chi connectivity index (χ1v) is 11.7. The van der Waals surface area contributed by atoms with Gasteiger partial charge in [0, 0.05) is 51.0 Å². The third kappa shape index (κ3) is 5.10. The molecular weight excluding hydrogens is 489 g/mol. The standard InChI is InChI=1S/C25H27F3N6O3/c1-35-9-10-37-17-6-3-15-4-7-19(30-20(15)11-17)24-32-31-22-8-5-16(12-34(22)24)23(25(26,27)28)33-13-18(29)21(14-33)36-2/h3-8,11-12,18,21,23H,9-10,13-14,29H2,1-2H3/t18-,21-,23-/m1/s1. The Morgan fingerprint density at radius 3 is 2.59 bits per heavy atom. The lowest BCUT2D eigenvalue weighted by atomic mass is 10.1. The number of methoxy groups -OCH3 is 2. The number of rotatable bonds is 8. The highest BCUT2D eigenvalue weighted by Gasteiger charge is 2.48. The Kier molecular flexibility index (Phi) is 6.99.